The molecule has 1 N–H and O–H groups in total. The normalized spacial score (nSPS) is 11.2. The molecule has 0 amide bonds. The maximum atomic E-state index is 11.2. The number of methoxy groups -OCH3 is 1. The Balaban J connectivity index is 2.80. The van der Waals surface area contributed by atoms with Crippen LogP contribution in [0.25, 0.3) is 0 Å². The van der Waals surface area contributed by atoms with Crippen molar-refractivity contribution in [1.29, 1.82) is 0 Å². The van der Waals surface area contributed by atoms with E-state index in [1.54, 1.807) is 26.0 Å². The third kappa shape index (κ3) is 2.82. The lowest BCUT2D eigenvalue weighted by Gasteiger charge is -2.17. The second kappa shape index (κ2) is 4.65. The van der Waals surface area contributed by atoms with Gasteiger partial charge in [-0.15, -0.1) is 11.3 Å². The van der Waals surface area contributed by atoms with E-state index in [9.17, 15) is 9.59 Å². The highest BCUT2D eigenvalue weighted by Gasteiger charge is 2.28. The lowest BCUT2D eigenvalue weighted by Crippen LogP contribution is -2.25. The van der Waals surface area contributed by atoms with Gasteiger partial charge in [-0.1, -0.05) is 0 Å². The molecule has 1 heterocycles. The quantitative estimate of drug-likeness (QED) is 0.822. The van der Waals surface area contributed by atoms with Crippen LogP contribution in [0.15, 0.2) is 12.1 Å². The van der Waals surface area contributed by atoms with Crippen molar-refractivity contribution in [2.24, 2.45) is 5.41 Å². The minimum atomic E-state index is -0.847. The summed E-state index contributed by atoms with van der Waals surface area (Å²) < 4.78 is 4.58. The summed E-state index contributed by atoms with van der Waals surface area (Å²) in [4.78, 5) is 23.5. The molecule has 0 bridgehead atoms. The van der Waals surface area contributed by atoms with Crippen LogP contribution in [0.3, 0.4) is 0 Å². The second-order valence-electron chi connectivity index (χ2n) is 4.12. The molecule has 1 rings (SSSR count). The number of hydrogen-bond acceptors (Lipinski definition) is 4. The van der Waals surface area contributed by atoms with E-state index in [2.05, 4.69) is 4.74 Å². The van der Waals surface area contributed by atoms with Gasteiger partial charge in [0.1, 0.15) is 4.88 Å². The monoisotopic (exact) mass is 242 g/mol. The van der Waals surface area contributed by atoms with Crippen molar-refractivity contribution in [3.05, 3.63) is 21.9 Å². The van der Waals surface area contributed by atoms with Gasteiger partial charge in [0.05, 0.1) is 12.5 Å². The predicted octanol–water partition coefficient (Wildman–Crippen LogP) is 2.19. The molecule has 0 aliphatic carbocycles. The number of carboxylic acids is 1. The van der Waals surface area contributed by atoms with E-state index >= 15 is 0 Å². The van der Waals surface area contributed by atoms with Crippen LogP contribution in [0.4, 0.5) is 0 Å². The van der Waals surface area contributed by atoms with Gasteiger partial charge >= 0.3 is 11.9 Å². The van der Waals surface area contributed by atoms with Crippen molar-refractivity contribution in [2.45, 2.75) is 20.3 Å². The number of carbonyl (C=O) groups is 2. The maximum Gasteiger partial charge on any atom is 0.348 e. The molecule has 0 radical (unpaired) electrons. The molecular formula is C11H14O4S. The zero-order chi connectivity index (χ0) is 12.3. The molecule has 1 aromatic heterocycles. The Labute approximate surface area is 97.9 Å². The first-order chi connectivity index (χ1) is 7.36. The summed E-state index contributed by atoms with van der Waals surface area (Å²) in [5.74, 6) is -1.23. The van der Waals surface area contributed by atoms with E-state index < -0.39 is 11.4 Å². The molecule has 0 atom stereocenters. The molecule has 1 aromatic rings. The van der Waals surface area contributed by atoms with Crippen molar-refractivity contribution in [1.82, 2.24) is 0 Å². The Morgan fingerprint density at radius 3 is 2.56 bits per heavy atom. The molecular weight excluding hydrogens is 228 g/mol. The second-order valence-corrected chi connectivity index (χ2v) is 5.29. The van der Waals surface area contributed by atoms with Gasteiger partial charge in [-0.2, -0.15) is 0 Å². The highest BCUT2D eigenvalue weighted by atomic mass is 32.1. The van der Waals surface area contributed by atoms with Gasteiger partial charge in [-0.05, 0) is 32.4 Å². The first-order valence-corrected chi connectivity index (χ1v) is 5.59. The fraction of sp³-hybridized carbons (Fsp3) is 0.455. The average Bonchev–Trinajstić information content (AvgIpc) is 2.64. The minimum Gasteiger partial charge on any atom is -0.481 e. The minimum absolute atomic E-state index is 0.385. The van der Waals surface area contributed by atoms with Crippen molar-refractivity contribution in [3.8, 4) is 0 Å². The molecule has 16 heavy (non-hydrogen) atoms. The zero-order valence-electron chi connectivity index (χ0n) is 9.44. The lowest BCUT2D eigenvalue weighted by atomic mass is 9.89. The number of thiophene rings is 1. The predicted molar refractivity (Wildman–Crippen MR) is 60.8 cm³/mol. The van der Waals surface area contributed by atoms with Crippen LogP contribution < -0.4 is 0 Å². The molecule has 88 valence electrons. The van der Waals surface area contributed by atoms with Crippen molar-refractivity contribution >= 4 is 23.3 Å². The third-order valence-corrected chi connectivity index (χ3v) is 3.31. The standard InChI is InChI=1S/C11H14O4S/c1-11(2,10(13)14)6-7-4-5-8(16-7)9(12)15-3/h4-5H,6H2,1-3H3,(H,13,14). The van der Waals surface area contributed by atoms with Crippen LogP contribution in [-0.4, -0.2) is 24.2 Å². The van der Waals surface area contributed by atoms with Gasteiger partial charge in [-0.3, -0.25) is 4.79 Å². The average molecular weight is 242 g/mol. The Morgan fingerprint density at radius 2 is 2.06 bits per heavy atom. The first kappa shape index (κ1) is 12.7. The van der Waals surface area contributed by atoms with E-state index in [0.717, 1.165) is 4.88 Å². The van der Waals surface area contributed by atoms with Crippen LogP contribution >= 0.6 is 11.3 Å². The molecule has 0 aromatic carbocycles. The zero-order valence-corrected chi connectivity index (χ0v) is 10.3. The number of esters is 1. The molecule has 5 heteroatoms. The fourth-order valence-electron chi connectivity index (χ4n) is 1.19. The number of hydrogen-bond donors (Lipinski definition) is 1. The molecule has 4 nitrogen and oxygen atoms in total. The van der Waals surface area contributed by atoms with Gasteiger partial charge in [0.25, 0.3) is 0 Å². The summed E-state index contributed by atoms with van der Waals surface area (Å²) in [6.07, 6.45) is 0.407. The van der Waals surface area contributed by atoms with Gasteiger partial charge in [-0.25, -0.2) is 4.79 Å². The van der Waals surface area contributed by atoms with E-state index in [4.69, 9.17) is 5.11 Å². The number of carbonyl (C=O) groups excluding carboxylic acids is 1. The molecule has 0 saturated heterocycles. The summed E-state index contributed by atoms with van der Waals surface area (Å²) in [5, 5.41) is 8.98. The molecule has 0 fully saturated rings. The maximum absolute atomic E-state index is 11.2. The highest BCUT2D eigenvalue weighted by Crippen LogP contribution is 2.27. The SMILES string of the molecule is COC(=O)c1ccc(CC(C)(C)C(=O)O)s1. The number of ether oxygens (including phenoxy) is 1. The topological polar surface area (TPSA) is 63.6 Å². The number of aliphatic carboxylic acids is 1. The largest absolute Gasteiger partial charge is 0.481 e. The number of rotatable bonds is 4. The molecule has 0 spiro atoms. The van der Waals surface area contributed by atoms with E-state index in [-0.39, 0.29) is 5.97 Å². The molecule has 0 aliphatic rings. The van der Waals surface area contributed by atoms with Gasteiger partial charge in [0.2, 0.25) is 0 Å². The Hall–Kier alpha value is -1.36. The van der Waals surface area contributed by atoms with E-state index in [1.807, 2.05) is 0 Å². The molecule has 0 saturated carbocycles. The smallest absolute Gasteiger partial charge is 0.348 e. The van der Waals surface area contributed by atoms with Gasteiger partial charge < -0.3 is 9.84 Å². The Morgan fingerprint density at radius 1 is 1.44 bits per heavy atom. The summed E-state index contributed by atoms with van der Waals surface area (Å²) in [6, 6.07) is 3.42. The van der Waals surface area contributed by atoms with Gasteiger partial charge in [0, 0.05) is 4.88 Å². The lowest BCUT2D eigenvalue weighted by molar-refractivity contribution is -0.146. The summed E-state index contributed by atoms with van der Waals surface area (Å²) in [6.45, 7) is 3.32. The summed E-state index contributed by atoms with van der Waals surface area (Å²) in [5.41, 5.74) is -0.821. The molecule has 0 unspecified atom stereocenters. The summed E-state index contributed by atoms with van der Waals surface area (Å²) >= 11 is 1.27. The van der Waals surface area contributed by atoms with E-state index in [0.29, 0.717) is 11.3 Å². The van der Waals surface area contributed by atoms with Crippen molar-refractivity contribution in [2.75, 3.05) is 7.11 Å². The third-order valence-electron chi connectivity index (χ3n) is 2.24. The van der Waals surface area contributed by atoms with Crippen LogP contribution in [0.2, 0.25) is 0 Å². The van der Waals surface area contributed by atoms with Crippen molar-refractivity contribution in [3.63, 3.8) is 0 Å². The first-order valence-electron chi connectivity index (χ1n) is 4.77. The summed E-state index contributed by atoms with van der Waals surface area (Å²) in [7, 11) is 1.32. The van der Waals surface area contributed by atoms with Gasteiger partial charge in [0.15, 0.2) is 0 Å². The Kier molecular flexibility index (Phi) is 3.70. The highest BCUT2D eigenvalue weighted by molar-refractivity contribution is 7.13. The fourth-order valence-corrected chi connectivity index (χ4v) is 2.35. The van der Waals surface area contributed by atoms with E-state index in [1.165, 1.54) is 18.4 Å². The van der Waals surface area contributed by atoms with Crippen LogP contribution in [0.1, 0.15) is 28.4 Å². The van der Waals surface area contributed by atoms with Crippen LogP contribution in [-0.2, 0) is 16.0 Å². The van der Waals surface area contributed by atoms with Crippen LogP contribution in [0, 0.1) is 5.41 Å². The van der Waals surface area contributed by atoms with Crippen LogP contribution in [0.5, 0.6) is 0 Å². The Bertz CT molecular complexity index is 406. The number of carboxylic acid groups (broad SMARTS) is 1. The van der Waals surface area contributed by atoms with Crippen molar-refractivity contribution < 1.29 is 19.4 Å². The molecule has 0 aliphatic heterocycles.